The molecule has 7 heteroatoms. The van der Waals surface area contributed by atoms with E-state index in [1.54, 1.807) is 31.4 Å². The number of H-pyrrole nitrogens is 1. The van der Waals surface area contributed by atoms with Crippen molar-refractivity contribution in [3.63, 3.8) is 0 Å². The topological polar surface area (TPSA) is 71.0 Å². The number of thioether (sulfide) groups is 1. The molecule has 0 aliphatic carbocycles. The maximum atomic E-state index is 13.7. The van der Waals surface area contributed by atoms with Gasteiger partial charge in [-0.3, -0.25) is 5.10 Å². The van der Waals surface area contributed by atoms with Crippen molar-refractivity contribution in [1.29, 1.82) is 0 Å². The van der Waals surface area contributed by atoms with Gasteiger partial charge in [0.2, 0.25) is 5.16 Å². The quantitative estimate of drug-likeness (QED) is 0.670. The molecule has 3 rings (SSSR count). The summed E-state index contributed by atoms with van der Waals surface area (Å²) in [5.74, 6) is 1.08. The normalized spacial score (nSPS) is 12.1. The number of hydrogen-bond acceptors (Lipinski definition) is 5. The summed E-state index contributed by atoms with van der Waals surface area (Å²) in [6, 6.07) is 13.6. The molecule has 0 saturated carbocycles. The lowest BCUT2D eigenvalue weighted by Crippen LogP contribution is -2.01. The van der Waals surface area contributed by atoms with Gasteiger partial charge in [0, 0.05) is 5.75 Å². The van der Waals surface area contributed by atoms with Gasteiger partial charge in [0.15, 0.2) is 5.82 Å². The van der Waals surface area contributed by atoms with Crippen LogP contribution in [0.15, 0.2) is 53.7 Å². The fourth-order valence-corrected chi connectivity index (χ4v) is 2.95. The lowest BCUT2D eigenvalue weighted by molar-refractivity contribution is 0.203. The van der Waals surface area contributed by atoms with Crippen molar-refractivity contribution in [3.8, 4) is 17.1 Å². The Balaban J connectivity index is 1.66. The van der Waals surface area contributed by atoms with Gasteiger partial charge in [-0.2, -0.15) is 0 Å². The van der Waals surface area contributed by atoms with Crippen molar-refractivity contribution >= 4 is 11.8 Å². The second-order valence-electron chi connectivity index (χ2n) is 5.05. The molecule has 5 nitrogen and oxygen atoms in total. The molecule has 0 radical (unpaired) electrons. The standard InChI is InChI=1S/C17H16FN3O2S/c1-23-12-6-4-5-11(9-12)15(22)10-24-17-19-16(20-21-17)13-7-2-3-8-14(13)18/h2-9,15,22H,10H2,1H3,(H,19,20,21). The van der Waals surface area contributed by atoms with E-state index in [9.17, 15) is 9.50 Å². The van der Waals surface area contributed by atoms with Crippen LogP contribution in [-0.2, 0) is 0 Å². The number of methoxy groups -OCH3 is 1. The lowest BCUT2D eigenvalue weighted by Gasteiger charge is -2.10. The molecule has 0 fully saturated rings. The average Bonchev–Trinajstić information content (AvgIpc) is 3.09. The number of aromatic amines is 1. The molecule has 0 amide bonds. The highest BCUT2D eigenvalue weighted by atomic mass is 32.2. The minimum Gasteiger partial charge on any atom is -0.497 e. The minimum absolute atomic E-state index is 0.360. The molecule has 2 N–H and O–H groups in total. The molecule has 0 aliphatic heterocycles. The molecule has 3 aromatic rings. The summed E-state index contributed by atoms with van der Waals surface area (Å²) in [6.07, 6.45) is -0.680. The van der Waals surface area contributed by atoms with Crippen LogP contribution < -0.4 is 4.74 Å². The van der Waals surface area contributed by atoms with Crippen LogP contribution >= 0.6 is 11.8 Å². The first-order valence-corrected chi connectivity index (χ1v) is 8.28. The third-order valence-corrected chi connectivity index (χ3v) is 4.37. The van der Waals surface area contributed by atoms with Gasteiger partial charge in [0.05, 0.1) is 18.8 Å². The van der Waals surface area contributed by atoms with Gasteiger partial charge in [-0.15, -0.1) is 5.10 Å². The monoisotopic (exact) mass is 345 g/mol. The lowest BCUT2D eigenvalue weighted by atomic mass is 10.1. The van der Waals surface area contributed by atoms with Crippen LogP contribution in [0, 0.1) is 5.82 Å². The number of nitrogens with zero attached hydrogens (tertiary/aromatic N) is 2. The first-order valence-electron chi connectivity index (χ1n) is 7.29. The number of benzene rings is 2. The van der Waals surface area contributed by atoms with Crippen molar-refractivity contribution in [2.45, 2.75) is 11.3 Å². The number of hydrogen-bond donors (Lipinski definition) is 2. The van der Waals surface area contributed by atoms with E-state index in [-0.39, 0.29) is 5.82 Å². The average molecular weight is 345 g/mol. The van der Waals surface area contributed by atoms with Crippen LogP contribution in [0.1, 0.15) is 11.7 Å². The second kappa shape index (κ2) is 7.46. The fourth-order valence-electron chi connectivity index (χ4n) is 2.18. The number of aromatic nitrogens is 3. The predicted octanol–water partition coefficient (Wildman–Crippen LogP) is 3.45. The first-order chi connectivity index (χ1) is 11.7. The molecule has 0 saturated heterocycles. The number of nitrogens with one attached hydrogen (secondary N) is 1. The largest absolute Gasteiger partial charge is 0.497 e. The van der Waals surface area contributed by atoms with E-state index in [0.29, 0.717) is 28.0 Å². The Labute approximate surface area is 142 Å². The van der Waals surface area contributed by atoms with Crippen molar-refractivity contribution in [2.24, 2.45) is 0 Å². The highest BCUT2D eigenvalue weighted by molar-refractivity contribution is 7.99. The van der Waals surface area contributed by atoms with Crippen LogP contribution in [0.4, 0.5) is 4.39 Å². The molecule has 124 valence electrons. The summed E-state index contributed by atoms with van der Waals surface area (Å²) in [6.45, 7) is 0. The van der Waals surface area contributed by atoms with Gasteiger partial charge >= 0.3 is 0 Å². The summed E-state index contributed by atoms with van der Waals surface area (Å²) in [7, 11) is 1.58. The van der Waals surface area contributed by atoms with Gasteiger partial charge in [0.1, 0.15) is 11.6 Å². The molecule has 1 atom stereocenters. The fraction of sp³-hybridized carbons (Fsp3) is 0.176. The zero-order chi connectivity index (χ0) is 16.9. The number of ether oxygens (including phenoxy) is 1. The van der Waals surface area contributed by atoms with Gasteiger partial charge in [-0.05, 0) is 29.8 Å². The Hall–Kier alpha value is -2.38. The Kier molecular flexibility index (Phi) is 5.12. The summed E-state index contributed by atoms with van der Waals surface area (Å²) in [5.41, 5.74) is 1.12. The number of aliphatic hydroxyl groups is 1. The van der Waals surface area contributed by atoms with E-state index in [4.69, 9.17) is 4.74 Å². The van der Waals surface area contributed by atoms with E-state index in [0.717, 1.165) is 5.56 Å². The van der Waals surface area contributed by atoms with Crippen LogP contribution in [-0.4, -0.2) is 33.2 Å². The molecule has 1 aromatic heterocycles. The summed E-state index contributed by atoms with van der Waals surface area (Å²) >= 11 is 1.29. The summed E-state index contributed by atoms with van der Waals surface area (Å²) in [4.78, 5) is 4.26. The van der Waals surface area contributed by atoms with Gasteiger partial charge in [-0.25, -0.2) is 9.37 Å². The maximum Gasteiger partial charge on any atom is 0.208 e. The molecular weight excluding hydrogens is 329 g/mol. The van der Waals surface area contributed by atoms with Crippen LogP contribution in [0.3, 0.4) is 0 Å². The molecule has 1 unspecified atom stereocenters. The van der Waals surface area contributed by atoms with E-state index in [2.05, 4.69) is 15.2 Å². The van der Waals surface area contributed by atoms with Crippen molar-refractivity contribution in [1.82, 2.24) is 15.2 Å². The van der Waals surface area contributed by atoms with Crippen molar-refractivity contribution in [2.75, 3.05) is 12.9 Å². The van der Waals surface area contributed by atoms with Gasteiger partial charge < -0.3 is 9.84 Å². The van der Waals surface area contributed by atoms with Gasteiger partial charge in [0.25, 0.3) is 0 Å². The maximum absolute atomic E-state index is 13.7. The smallest absolute Gasteiger partial charge is 0.208 e. The molecule has 0 spiro atoms. The van der Waals surface area contributed by atoms with Crippen molar-refractivity contribution in [3.05, 3.63) is 59.9 Å². The summed E-state index contributed by atoms with van der Waals surface area (Å²) < 4.78 is 18.9. The number of rotatable bonds is 6. The Morgan fingerprint density at radius 1 is 1.25 bits per heavy atom. The Bertz CT molecular complexity index is 825. The number of aliphatic hydroxyl groups excluding tert-OH is 1. The minimum atomic E-state index is -0.680. The molecule has 1 heterocycles. The third-order valence-electron chi connectivity index (χ3n) is 3.44. The third kappa shape index (κ3) is 3.74. The molecule has 0 bridgehead atoms. The SMILES string of the molecule is COc1cccc(C(O)CSc2n[nH]c(-c3ccccc3F)n2)c1. The zero-order valence-electron chi connectivity index (χ0n) is 12.9. The highest BCUT2D eigenvalue weighted by Crippen LogP contribution is 2.26. The first kappa shape index (κ1) is 16.5. The molecule has 0 aliphatic rings. The van der Waals surface area contributed by atoms with E-state index < -0.39 is 6.10 Å². The molecule has 2 aromatic carbocycles. The van der Waals surface area contributed by atoms with Crippen molar-refractivity contribution < 1.29 is 14.2 Å². The van der Waals surface area contributed by atoms with E-state index in [1.165, 1.54) is 17.8 Å². The van der Waals surface area contributed by atoms with Crippen LogP contribution in [0.25, 0.3) is 11.4 Å². The molecular formula is C17H16FN3O2S. The zero-order valence-corrected chi connectivity index (χ0v) is 13.8. The van der Waals surface area contributed by atoms with Crippen LogP contribution in [0.2, 0.25) is 0 Å². The summed E-state index contributed by atoms with van der Waals surface area (Å²) in [5, 5.41) is 17.5. The predicted molar refractivity (Wildman–Crippen MR) is 90.5 cm³/mol. The Morgan fingerprint density at radius 2 is 2.08 bits per heavy atom. The van der Waals surface area contributed by atoms with E-state index in [1.807, 2.05) is 18.2 Å². The highest BCUT2D eigenvalue weighted by Gasteiger charge is 2.13. The van der Waals surface area contributed by atoms with Gasteiger partial charge in [-0.1, -0.05) is 36.0 Å². The van der Waals surface area contributed by atoms with Crippen LogP contribution in [0.5, 0.6) is 5.75 Å². The van der Waals surface area contributed by atoms with E-state index >= 15 is 0 Å². The molecule has 24 heavy (non-hydrogen) atoms. The number of halogens is 1. The second-order valence-corrected chi connectivity index (χ2v) is 6.04. The Morgan fingerprint density at radius 3 is 2.88 bits per heavy atom.